The topological polar surface area (TPSA) is 92.8 Å². The molecule has 0 saturated heterocycles. The average Bonchev–Trinajstić information content (AvgIpc) is 2.44. The van der Waals surface area contributed by atoms with Gasteiger partial charge in [0.25, 0.3) is 0 Å². The number of carboxylic acid groups (broad SMARTS) is 1. The van der Waals surface area contributed by atoms with Gasteiger partial charge in [-0.25, -0.2) is 0 Å². The number of nitrogens with two attached hydrogens (primary N) is 1. The summed E-state index contributed by atoms with van der Waals surface area (Å²) in [6, 6.07) is 9.32. The van der Waals surface area contributed by atoms with Gasteiger partial charge in [-0.2, -0.15) is 0 Å². The summed E-state index contributed by atoms with van der Waals surface area (Å²) in [5, 5.41) is 18.2. The molecular formula is C17H19NO4. The van der Waals surface area contributed by atoms with Crippen LogP contribution in [0.3, 0.4) is 0 Å². The highest BCUT2D eigenvalue weighted by Crippen LogP contribution is 2.30. The fourth-order valence-corrected chi connectivity index (χ4v) is 2.29. The van der Waals surface area contributed by atoms with Crippen molar-refractivity contribution in [3.05, 3.63) is 53.1 Å². The van der Waals surface area contributed by atoms with Gasteiger partial charge in [0.15, 0.2) is 0 Å². The molecule has 5 nitrogen and oxygen atoms in total. The van der Waals surface area contributed by atoms with Crippen molar-refractivity contribution in [2.45, 2.75) is 26.3 Å². The minimum atomic E-state index is -1.01. The number of aromatic hydroxyl groups is 1. The number of ether oxygens (including phenoxy) is 1. The summed E-state index contributed by atoms with van der Waals surface area (Å²) in [6.45, 7) is 3.80. The number of rotatable bonds is 5. The summed E-state index contributed by atoms with van der Waals surface area (Å²) in [5.74, 6) is 0.510. The molecule has 0 spiro atoms. The number of hydrogen-bond donors (Lipinski definition) is 3. The molecule has 0 fully saturated rings. The largest absolute Gasteiger partial charge is 0.508 e. The summed E-state index contributed by atoms with van der Waals surface area (Å²) in [7, 11) is 0. The first-order valence-corrected chi connectivity index (χ1v) is 6.92. The van der Waals surface area contributed by atoms with Gasteiger partial charge >= 0.3 is 5.97 Å². The highest BCUT2D eigenvalue weighted by molar-refractivity contribution is 5.73. The SMILES string of the molecule is Cc1cc(CC(N)C(=O)O)cc(C)c1Oc1ccc(O)cc1. The van der Waals surface area contributed by atoms with Crippen LogP contribution in [0, 0.1) is 13.8 Å². The molecule has 5 heteroatoms. The normalized spacial score (nSPS) is 12.0. The Morgan fingerprint density at radius 2 is 1.73 bits per heavy atom. The van der Waals surface area contributed by atoms with E-state index in [4.69, 9.17) is 15.6 Å². The van der Waals surface area contributed by atoms with Crippen molar-refractivity contribution >= 4 is 5.97 Å². The molecule has 0 bridgehead atoms. The molecule has 0 heterocycles. The molecule has 22 heavy (non-hydrogen) atoms. The van der Waals surface area contributed by atoms with E-state index < -0.39 is 12.0 Å². The first kappa shape index (κ1) is 15.9. The second-order valence-corrected chi connectivity index (χ2v) is 5.30. The van der Waals surface area contributed by atoms with Crippen LogP contribution in [0.15, 0.2) is 36.4 Å². The Labute approximate surface area is 129 Å². The maximum atomic E-state index is 10.8. The molecular weight excluding hydrogens is 282 g/mol. The summed E-state index contributed by atoms with van der Waals surface area (Å²) < 4.78 is 5.84. The van der Waals surface area contributed by atoms with Gasteiger partial charge in [0.1, 0.15) is 23.3 Å². The number of carbonyl (C=O) groups is 1. The number of aliphatic carboxylic acids is 1. The van der Waals surface area contributed by atoms with Crippen molar-refractivity contribution in [3.63, 3.8) is 0 Å². The molecule has 0 amide bonds. The van der Waals surface area contributed by atoms with E-state index in [0.29, 0.717) is 5.75 Å². The summed E-state index contributed by atoms with van der Waals surface area (Å²) in [6.07, 6.45) is 0.274. The van der Waals surface area contributed by atoms with Crippen LogP contribution in [0.5, 0.6) is 17.2 Å². The van der Waals surface area contributed by atoms with Crippen LogP contribution in [-0.4, -0.2) is 22.2 Å². The smallest absolute Gasteiger partial charge is 0.320 e. The number of aryl methyl sites for hydroxylation is 2. The van der Waals surface area contributed by atoms with Crippen LogP contribution in [-0.2, 0) is 11.2 Å². The molecule has 0 saturated carbocycles. The van der Waals surface area contributed by atoms with E-state index >= 15 is 0 Å². The Balaban J connectivity index is 2.23. The molecule has 2 aromatic carbocycles. The van der Waals surface area contributed by atoms with Crippen LogP contribution in [0.2, 0.25) is 0 Å². The number of carboxylic acids is 1. The lowest BCUT2D eigenvalue weighted by atomic mass is 10.0. The summed E-state index contributed by atoms with van der Waals surface area (Å²) in [5.41, 5.74) is 8.24. The minimum absolute atomic E-state index is 0.179. The van der Waals surface area contributed by atoms with Crippen LogP contribution in [0.4, 0.5) is 0 Å². The van der Waals surface area contributed by atoms with Gasteiger partial charge in [-0.05, 0) is 61.2 Å². The molecule has 0 aromatic heterocycles. The minimum Gasteiger partial charge on any atom is -0.508 e. The van der Waals surface area contributed by atoms with Gasteiger partial charge in [-0.3, -0.25) is 4.79 Å². The van der Waals surface area contributed by atoms with Crippen molar-refractivity contribution in [1.82, 2.24) is 0 Å². The molecule has 0 aliphatic rings. The quantitative estimate of drug-likeness (QED) is 0.789. The zero-order chi connectivity index (χ0) is 16.3. The molecule has 1 unspecified atom stereocenters. The van der Waals surface area contributed by atoms with E-state index in [2.05, 4.69) is 0 Å². The molecule has 2 rings (SSSR count). The second-order valence-electron chi connectivity index (χ2n) is 5.30. The lowest BCUT2D eigenvalue weighted by Gasteiger charge is -2.15. The first-order chi connectivity index (χ1) is 10.4. The molecule has 116 valence electrons. The maximum absolute atomic E-state index is 10.8. The van der Waals surface area contributed by atoms with E-state index in [-0.39, 0.29) is 12.2 Å². The van der Waals surface area contributed by atoms with Crippen molar-refractivity contribution < 1.29 is 19.7 Å². The molecule has 1 atom stereocenters. The predicted molar refractivity (Wildman–Crippen MR) is 83.4 cm³/mol. The van der Waals surface area contributed by atoms with E-state index in [1.54, 1.807) is 24.3 Å². The van der Waals surface area contributed by atoms with Crippen molar-refractivity contribution in [1.29, 1.82) is 0 Å². The third-order valence-electron chi connectivity index (χ3n) is 3.35. The first-order valence-electron chi connectivity index (χ1n) is 6.92. The van der Waals surface area contributed by atoms with Crippen LogP contribution in [0.25, 0.3) is 0 Å². The van der Waals surface area contributed by atoms with Crippen molar-refractivity contribution in [2.24, 2.45) is 5.73 Å². The molecule has 0 aliphatic heterocycles. The van der Waals surface area contributed by atoms with Crippen molar-refractivity contribution in [2.75, 3.05) is 0 Å². The Morgan fingerprint density at radius 1 is 1.18 bits per heavy atom. The Hall–Kier alpha value is -2.53. The third-order valence-corrected chi connectivity index (χ3v) is 3.35. The zero-order valence-electron chi connectivity index (χ0n) is 12.5. The van der Waals surface area contributed by atoms with Gasteiger partial charge in [-0.15, -0.1) is 0 Å². The van der Waals surface area contributed by atoms with Crippen LogP contribution >= 0.6 is 0 Å². The zero-order valence-corrected chi connectivity index (χ0v) is 12.5. The standard InChI is InChI=1S/C17H19NO4/c1-10-7-12(9-15(18)17(20)21)8-11(2)16(10)22-14-5-3-13(19)4-6-14/h3-8,15,19H,9,18H2,1-2H3,(H,20,21). The van der Waals surface area contributed by atoms with E-state index in [1.165, 1.54) is 0 Å². The lowest BCUT2D eigenvalue weighted by molar-refractivity contribution is -0.138. The van der Waals surface area contributed by atoms with E-state index in [9.17, 15) is 9.90 Å². The highest BCUT2D eigenvalue weighted by atomic mass is 16.5. The fourth-order valence-electron chi connectivity index (χ4n) is 2.29. The van der Waals surface area contributed by atoms with E-state index in [1.807, 2.05) is 26.0 Å². The Bertz CT molecular complexity index is 657. The summed E-state index contributed by atoms with van der Waals surface area (Å²) >= 11 is 0. The number of phenolic OH excluding ortho intramolecular Hbond substituents is 1. The van der Waals surface area contributed by atoms with Gasteiger partial charge in [0, 0.05) is 0 Å². The van der Waals surface area contributed by atoms with Crippen LogP contribution < -0.4 is 10.5 Å². The number of benzene rings is 2. The molecule has 0 aliphatic carbocycles. The van der Waals surface area contributed by atoms with E-state index in [0.717, 1.165) is 22.4 Å². The van der Waals surface area contributed by atoms with Gasteiger partial charge in [0.05, 0.1) is 0 Å². The van der Waals surface area contributed by atoms with Crippen LogP contribution in [0.1, 0.15) is 16.7 Å². The Kier molecular flexibility index (Phi) is 4.68. The molecule has 0 radical (unpaired) electrons. The van der Waals surface area contributed by atoms with Crippen molar-refractivity contribution in [3.8, 4) is 17.2 Å². The second kappa shape index (κ2) is 6.49. The lowest BCUT2D eigenvalue weighted by Crippen LogP contribution is -2.32. The van der Waals surface area contributed by atoms with Gasteiger partial charge in [0.2, 0.25) is 0 Å². The number of hydrogen-bond acceptors (Lipinski definition) is 4. The number of phenols is 1. The summed E-state index contributed by atoms with van der Waals surface area (Å²) in [4.78, 5) is 10.8. The molecule has 4 N–H and O–H groups in total. The van der Waals surface area contributed by atoms with Gasteiger partial charge < -0.3 is 20.7 Å². The third kappa shape index (κ3) is 3.77. The Morgan fingerprint density at radius 3 is 2.23 bits per heavy atom. The fraction of sp³-hybridized carbons (Fsp3) is 0.235. The maximum Gasteiger partial charge on any atom is 0.320 e. The monoisotopic (exact) mass is 301 g/mol. The average molecular weight is 301 g/mol. The highest BCUT2D eigenvalue weighted by Gasteiger charge is 2.14. The van der Waals surface area contributed by atoms with Gasteiger partial charge in [-0.1, -0.05) is 12.1 Å². The predicted octanol–water partition coefficient (Wildman–Crippen LogP) is 2.76. The molecule has 2 aromatic rings.